The van der Waals surface area contributed by atoms with Crippen molar-refractivity contribution >= 4 is 34.7 Å². The van der Waals surface area contributed by atoms with Gasteiger partial charge in [-0.2, -0.15) is 0 Å². The predicted molar refractivity (Wildman–Crippen MR) is 123 cm³/mol. The Morgan fingerprint density at radius 2 is 1.55 bits per heavy atom. The summed E-state index contributed by atoms with van der Waals surface area (Å²) in [6.07, 6.45) is -0.0713. The summed E-state index contributed by atoms with van der Waals surface area (Å²) in [5.41, 5.74) is 5.21. The Morgan fingerprint density at radius 1 is 0.871 bits per heavy atom. The number of carbonyl (C=O) groups is 2. The van der Waals surface area contributed by atoms with Crippen molar-refractivity contribution in [1.82, 2.24) is 4.90 Å². The second-order valence-corrected chi connectivity index (χ2v) is 9.00. The lowest BCUT2D eigenvalue weighted by Gasteiger charge is -2.37. The molecule has 0 bridgehead atoms. The number of benzene rings is 2. The Hall–Kier alpha value is -2.63. The van der Waals surface area contributed by atoms with Crippen molar-refractivity contribution < 1.29 is 14.3 Å². The Balaban J connectivity index is 1.87. The number of carbonyl (C=O) groups excluding carboxylic acids is 2. The van der Waals surface area contributed by atoms with Gasteiger partial charge in [-0.3, -0.25) is 9.59 Å². The molecule has 1 fully saturated rings. The van der Waals surface area contributed by atoms with Crippen LogP contribution in [-0.4, -0.2) is 42.0 Å². The van der Waals surface area contributed by atoms with Crippen LogP contribution in [0.25, 0.3) is 5.57 Å². The van der Waals surface area contributed by atoms with Crippen LogP contribution in [0.2, 0.25) is 5.02 Å². The van der Waals surface area contributed by atoms with Gasteiger partial charge in [0.1, 0.15) is 5.70 Å². The van der Waals surface area contributed by atoms with E-state index in [1.165, 1.54) is 4.90 Å². The number of amides is 2. The standard InChI is InChI=1S/C25H27ClN2O3/c1-14-6-7-19(10-15(14)2)22-23(27-12-17(4)31-18(5)13-27)25(30)28(24(22)29)21-9-8-20(26)11-16(21)3/h6-11,17-18H,12-13H2,1-5H3. The van der Waals surface area contributed by atoms with Gasteiger partial charge in [-0.05, 0) is 75.1 Å². The van der Waals surface area contributed by atoms with Gasteiger partial charge in [0.25, 0.3) is 11.8 Å². The van der Waals surface area contributed by atoms with Crippen molar-refractivity contribution in [2.75, 3.05) is 18.0 Å². The van der Waals surface area contributed by atoms with Gasteiger partial charge in [-0.1, -0.05) is 29.8 Å². The molecule has 6 heteroatoms. The quantitative estimate of drug-likeness (QED) is 0.654. The van der Waals surface area contributed by atoms with Crippen LogP contribution in [0.3, 0.4) is 0 Å². The number of ether oxygens (including phenoxy) is 1. The highest BCUT2D eigenvalue weighted by molar-refractivity contribution is 6.45. The number of morpholine rings is 1. The molecule has 2 heterocycles. The molecule has 1 saturated heterocycles. The fourth-order valence-corrected chi connectivity index (χ4v) is 4.64. The van der Waals surface area contributed by atoms with Crippen LogP contribution in [0.4, 0.5) is 5.69 Å². The van der Waals surface area contributed by atoms with E-state index in [0.29, 0.717) is 35.1 Å². The molecule has 2 aromatic carbocycles. The smallest absolute Gasteiger partial charge is 0.282 e. The number of nitrogens with zero attached hydrogens (tertiary/aromatic N) is 2. The molecule has 2 atom stereocenters. The van der Waals surface area contributed by atoms with Crippen LogP contribution in [0.15, 0.2) is 42.1 Å². The van der Waals surface area contributed by atoms with Gasteiger partial charge >= 0.3 is 0 Å². The molecule has 2 aliphatic rings. The van der Waals surface area contributed by atoms with Gasteiger partial charge in [0.05, 0.1) is 23.5 Å². The zero-order chi connectivity index (χ0) is 22.4. The van der Waals surface area contributed by atoms with Crippen molar-refractivity contribution in [2.45, 2.75) is 46.8 Å². The minimum absolute atomic E-state index is 0.0357. The zero-order valence-corrected chi connectivity index (χ0v) is 19.3. The summed E-state index contributed by atoms with van der Waals surface area (Å²) in [5, 5.41) is 0.568. The molecule has 0 N–H and O–H groups in total. The highest BCUT2D eigenvalue weighted by atomic mass is 35.5. The highest BCUT2D eigenvalue weighted by Gasteiger charge is 2.44. The molecule has 2 aliphatic heterocycles. The number of imide groups is 1. The minimum atomic E-state index is -0.305. The molecule has 2 unspecified atom stereocenters. The maximum absolute atomic E-state index is 13.7. The van der Waals surface area contributed by atoms with Crippen molar-refractivity contribution in [2.24, 2.45) is 0 Å². The van der Waals surface area contributed by atoms with E-state index in [1.54, 1.807) is 18.2 Å². The van der Waals surface area contributed by atoms with Gasteiger partial charge in [-0.25, -0.2) is 4.90 Å². The summed E-state index contributed by atoms with van der Waals surface area (Å²) in [6, 6.07) is 11.1. The van der Waals surface area contributed by atoms with E-state index in [0.717, 1.165) is 22.3 Å². The average Bonchev–Trinajstić information content (AvgIpc) is 2.94. The van der Waals surface area contributed by atoms with E-state index in [1.807, 2.05) is 57.7 Å². The normalized spacial score (nSPS) is 22.0. The van der Waals surface area contributed by atoms with Crippen LogP contribution in [0.5, 0.6) is 0 Å². The van der Waals surface area contributed by atoms with Crippen molar-refractivity contribution in [3.05, 3.63) is 69.4 Å². The van der Waals surface area contributed by atoms with Crippen LogP contribution in [0.1, 0.15) is 36.1 Å². The molecule has 0 saturated carbocycles. The van der Waals surface area contributed by atoms with Crippen molar-refractivity contribution in [1.29, 1.82) is 0 Å². The number of anilines is 1. The summed E-state index contributed by atoms with van der Waals surface area (Å²) >= 11 is 6.11. The zero-order valence-electron chi connectivity index (χ0n) is 18.5. The lowest BCUT2D eigenvalue weighted by molar-refractivity contribution is -0.121. The third kappa shape index (κ3) is 3.88. The second-order valence-electron chi connectivity index (χ2n) is 8.56. The van der Waals surface area contributed by atoms with Crippen molar-refractivity contribution in [3.8, 4) is 0 Å². The Morgan fingerprint density at radius 3 is 2.16 bits per heavy atom. The molecule has 2 amide bonds. The number of hydrogen-bond donors (Lipinski definition) is 0. The molecule has 2 aromatic rings. The van der Waals surface area contributed by atoms with E-state index < -0.39 is 0 Å². The first-order chi connectivity index (χ1) is 14.7. The lowest BCUT2D eigenvalue weighted by atomic mass is 9.99. The number of halogens is 1. The maximum atomic E-state index is 13.7. The van der Waals surface area contributed by atoms with Crippen LogP contribution in [0, 0.1) is 20.8 Å². The van der Waals surface area contributed by atoms with E-state index in [9.17, 15) is 9.59 Å². The molecule has 0 spiro atoms. The number of rotatable bonds is 3. The molecule has 0 radical (unpaired) electrons. The van der Waals surface area contributed by atoms with Crippen LogP contribution < -0.4 is 4.90 Å². The molecular formula is C25H27ClN2O3. The summed E-state index contributed by atoms with van der Waals surface area (Å²) < 4.78 is 5.87. The van der Waals surface area contributed by atoms with E-state index in [2.05, 4.69) is 0 Å². The van der Waals surface area contributed by atoms with Gasteiger partial charge in [0.2, 0.25) is 0 Å². The Labute approximate surface area is 188 Å². The van der Waals surface area contributed by atoms with Gasteiger partial charge in [0.15, 0.2) is 0 Å². The minimum Gasteiger partial charge on any atom is -0.372 e. The van der Waals surface area contributed by atoms with E-state index in [4.69, 9.17) is 16.3 Å². The Bertz CT molecular complexity index is 1100. The first kappa shape index (κ1) is 21.6. The van der Waals surface area contributed by atoms with Gasteiger partial charge in [-0.15, -0.1) is 0 Å². The SMILES string of the molecule is Cc1ccc(C2=C(N3CC(C)OC(C)C3)C(=O)N(c3ccc(Cl)cc3C)C2=O)cc1C. The molecule has 31 heavy (non-hydrogen) atoms. The fraction of sp³-hybridized carbons (Fsp3) is 0.360. The largest absolute Gasteiger partial charge is 0.372 e. The molecule has 4 rings (SSSR count). The summed E-state index contributed by atoms with van der Waals surface area (Å²) in [5.74, 6) is -0.606. The van der Waals surface area contributed by atoms with Gasteiger partial charge < -0.3 is 9.64 Å². The molecule has 0 aromatic heterocycles. The maximum Gasteiger partial charge on any atom is 0.282 e. The van der Waals surface area contributed by atoms with Crippen LogP contribution >= 0.6 is 11.6 Å². The molecule has 162 valence electrons. The van der Waals surface area contributed by atoms with E-state index >= 15 is 0 Å². The lowest BCUT2D eigenvalue weighted by Crippen LogP contribution is -2.47. The van der Waals surface area contributed by atoms with Gasteiger partial charge in [0, 0.05) is 18.1 Å². The number of aryl methyl sites for hydroxylation is 3. The molecule has 5 nitrogen and oxygen atoms in total. The Kier molecular flexibility index (Phi) is 5.67. The molecule has 0 aliphatic carbocycles. The van der Waals surface area contributed by atoms with Crippen LogP contribution in [-0.2, 0) is 14.3 Å². The average molecular weight is 439 g/mol. The highest BCUT2D eigenvalue weighted by Crippen LogP contribution is 2.38. The summed E-state index contributed by atoms with van der Waals surface area (Å²) in [6.45, 7) is 11.0. The molecular weight excluding hydrogens is 412 g/mol. The van der Waals surface area contributed by atoms with Crippen molar-refractivity contribution in [3.63, 3.8) is 0 Å². The summed E-state index contributed by atoms with van der Waals surface area (Å²) in [4.78, 5) is 30.8. The van der Waals surface area contributed by atoms with E-state index in [-0.39, 0.29) is 24.0 Å². The fourth-order valence-electron chi connectivity index (χ4n) is 4.42. The topological polar surface area (TPSA) is 49.9 Å². The first-order valence-electron chi connectivity index (χ1n) is 10.5. The first-order valence-corrected chi connectivity index (χ1v) is 10.9. The monoisotopic (exact) mass is 438 g/mol. The second kappa shape index (κ2) is 8.13. The summed E-state index contributed by atoms with van der Waals surface area (Å²) in [7, 11) is 0. The third-order valence-corrected chi connectivity index (χ3v) is 6.23. The third-order valence-electron chi connectivity index (χ3n) is 5.99. The number of hydrogen-bond acceptors (Lipinski definition) is 4. The predicted octanol–water partition coefficient (Wildman–Crippen LogP) is 4.66.